The Balaban J connectivity index is 1.44. The highest BCUT2D eigenvalue weighted by molar-refractivity contribution is 7.17. The van der Waals surface area contributed by atoms with Gasteiger partial charge in [0.05, 0.1) is 4.88 Å². The molecule has 0 radical (unpaired) electrons. The van der Waals surface area contributed by atoms with Crippen LogP contribution in [0.3, 0.4) is 0 Å². The van der Waals surface area contributed by atoms with Gasteiger partial charge < -0.3 is 9.80 Å². The number of anilines is 1. The molecule has 1 aliphatic rings. The zero-order chi connectivity index (χ0) is 17.9. The summed E-state index contributed by atoms with van der Waals surface area (Å²) < 4.78 is 14.0. The molecule has 3 aromatic rings. The molecule has 0 atom stereocenters. The van der Waals surface area contributed by atoms with Crippen LogP contribution in [0.5, 0.6) is 0 Å². The van der Waals surface area contributed by atoms with Gasteiger partial charge in [0, 0.05) is 42.3 Å². The van der Waals surface area contributed by atoms with E-state index in [0.29, 0.717) is 23.5 Å². The molecule has 2 aromatic carbocycles. The minimum atomic E-state index is -0.259. The smallest absolute Gasteiger partial charge is 0.264 e. The number of piperazine rings is 1. The lowest BCUT2D eigenvalue weighted by Crippen LogP contribution is -2.48. The van der Waals surface area contributed by atoms with Gasteiger partial charge in [-0.3, -0.25) is 4.79 Å². The van der Waals surface area contributed by atoms with Gasteiger partial charge in [0.2, 0.25) is 0 Å². The molecule has 26 heavy (non-hydrogen) atoms. The number of halogens is 1. The fourth-order valence-corrected chi connectivity index (χ4v) is 4.22. The number of rotatable bonds is 3. The van der Waals surface area contributed by atoms with Gasteiger partial charge in [0.25, 0.3) is 5.91 Å². The monoisotopic (exact) mass is 366 g/mol. The molecule has 1 fully saturated rings. The molecule has 0 bridgehead atoms. The molecule has 1 aliphatic heterocycles. The van der Waals surface area contributed by atoms with E-state index in [1.807, 2.05) is 35.2 Å². The first-order valence-electron chi connectivity index (χ1n) is 8.66. The van der Waals surface area contributed by atoms with E-state index in [4.69, 9.17) is 0 Å². The molecule has 132 valence electrons. The molecule has 3 nitrogen and oxygen atoms in total. The maximum atomic E-state index is 14.0. The molecule has 0 unspecified atom stereocenters. The van der Waals surface area contributed by atoms with E-state index in [2.05, 4.69) is 17.0 Å². The molecule has 1 aromatic heterocycles. The highest BCUT2D eigenvalue weighted by Gasteiger charge is 2.23. The van der Waals surface area contributed by atoms with Crippen LogP contribution >= 0.6 is 11.3 Å². The fraction of sp³-hybridized carbons (Fsp3) is 0.190. The first-order valence-corrected chi connectivity index (χ1v) is 9.48. The number of thiophene rings is 1. The van der Waals surface area contributed by atoms with E-state index < -0.39 is 0 Å². The Bertz CT molecular complexity index is 901. The van der Waals surface area contributed by atoms with Gasteiger partial charge in [-0.25, -0.2) is 4.39 Å². The van der Waals surface area contributed by atoms with Gasteiger partial charge in [0.15, 0.2) is 0 Å². The van der Waals surface area contributed by atoms with Crippen molar-refractivity contribution in [3.05, 3.63) is 77.4 Å². The van der Waals surface area contributed by atoms with Crippen LogP contribution < -0.4 is 4.90 Å². The fourth-order valence-electron chi connectivity index (χ4n) is 3.22. The first-order chi connectivity index (χ1) is 12.7. The average molecular weight is 366 g/mol. The van der Waals surface area contributed by atoms with Crippen LogP contribution in [-0.2, 0) is 0 Å². The number of hydrogen-bond acceptors (Lipinski definition) is 3. The standard InChI is InChI=1S/C21H19FN2OS/c22-18-9-5-4-8-17(18)19-10-11-20(26-19)21(25)24-14-12-23(13-15-24)16-6-2-1-3-7-16/h1-11H,12-15H2. The number of para-hydroxylation sites is 1. The molecule has 0 saturated carbocycles. The molecule has 0 spiro atoms. The third kappa shape index (κ3) is 3.35. The highest BCUT2D eigenvalue weighted by atomic mass is 32.1. The molecule has 5 heteroatoms. The quantitative estimate of drug-likeness (QED) is 0.681. The summed E-state index contributed by atoms with van der Waals surface area (Å²) in [5.41, 5.74) is 1.74. The zero-order valence-electron chi connectivity index (χ0n) is 14.3. The van der Waals surface area contributed by atoms with Crippen LogP contribution in [0.4, 0.5) is 10.1 Å². The van der Waals surface area contributed by atoms with E-state index in [0.717, 1.165) is 18.0 Å². The second-order valence-electron chi connectivity index (χ2n) is 6.26. The van der Waals surface area contributed by atoms with Crippen LogP contribution in [0.25, 0.3) is 10.4 Å². The number of amides is 1. The van der Waals surface area contributed by atoms with Gasteiger partial charge in [-0.2, -0.15) is 0 Å². The van der Waals surface area contributed by atoms with Crippen LogP contribution in [0, 0.1) is 5.82 Å². The Morgan fingerprint density at radius 1 is 0.846 bits per heavy atom. The van der Waals surface area contributed by atoms with Gasteiger partial charge in [-0.15, -0.1) is 11.3 Å². The summed E-state index contributed by atoms with van der Waals surface area (Å²) in [6.07, 6.45) is 0. The van der Waals surface area contributed by atoms with E-state index in [9.17, 15) is 9.18 Å². The van der Waals surface area contributed by atoms with Gasteiger partial charge in [-0.1, -0.05) is 36.4 Å². The predicted octanol–water partition coefficient (Wildman–Crippen LogP) is 4.52. The summed E-state index contributed by atoms with van der Waals surface area (Å²) in [5.74, 6) is -0.227. The van der Waals surface area contributed by atoms with Gasteiger partial charge in [0.1, 0.15) is 5.82 Å². The first kappa shape index (κ1) is 16.8. The van der Waals surface area contributed by atoms with Crippen LogP contribution in [0.15, 0.2) is 66.7 Å². The van der Waals surface area contributed by atoms with Gasteiger partial charge in [-0.05, 0) is 30.3 Å². The Labute approximate surface area is 156 Å². The van der Waals surface area contributed by atoms with Crippen LogP contribution in [-0.4, -0.2) is 37.0 Å². The zero-order valence-corrected chi connectivity index (χ0v) is 15.1. The predicted molar refractivity (Wildman–Crippen MR) is 104 cm³/mol. The number of nitrogens with zero attached hydrogens (tertiary/aromatic N) is 2. The van der Waals surface area contributed by atoms with Crippen molar-refractivity contribution in [1.29, 1.82) is 0 Å². The van der Waals surface area contributed by atoms with Crippen molar-refractivity contribution in [2.45, 2.75) is 0 Å². The second kappa shape index (κ2) is 7.30. The molecule has 1 saturated heterocycles. The van der Waals surface area contributed by atoms with E-state index in [1.165, 1.54) is 23.1 Å². The van der Waals surface area contributed by atoms with Crippen molar-refractivity contribution in [3.8, 4) is 10.4 Å². The SMILES string of the molecule is O=C(c1ccc(-c2ccccc2F)s1)N1CCN(c2ccccc2)CC1. The third-order valence-electron chi connectivity index (χ3n) is 4.64. The van der Waals surface area contributed by atoms with Crippen molar-refractivity contribution in [1.82, 2.24) is 4.90 Å². The average Bonchev–Trinajstić information content (AvgIpc) is 3.18. The molecule has 2 heterocycles. The number of benzene rings is 2. The largest absolute Gasteiger partial charge is 0.368 e. The molecule has 0 aliphatic carbocycles. The molecular weight excluding hydrogens is 347 g/mol. The maximum Gasteiger partial charge on any atom is 0.264 e. The summed E-state index contributed by atoms with van der Waals surface area (Å²) in [7, 11) is 0. The number of carbonyl (C=O) groups is 1. The number of hydrogen-bond donors (Lipinski definition) is 0. The maximum absolute atomic E-state index is 14.0. The van der Waals surface area contributed by atoms with Crippen LogP contribution in [0.1, 0.15) is 9.67 Å². The Kier molecular flexibility index (Phi) is 4.71. The lowest BCUT2D eigenvalue weighted by Gasteiger charge is -2.36. The minimum absolute atomic E-state index is 0.0327. The van der Waals surface area contributed by atoms with E-state index in [1.54, 1.807) is 18.2 Å². The normalized spacial score (nSPS) is 14.5. The lowest BCUT2D eigenvalue weighted by molar-refractivity contribution is 0.0751. The van der Waals surface area contributed by atoms with Crippen LogP contribution in [0.2, 0.25) is 0 Å². The molecule has 4 rings (SSSR count). The molecule has 1 amide bonds. The summed E-state index contributed by atoms with van der Waals surface area (Å²) >= 11 is 1.35. The van der Waals surface area contributed by atoms with Crippen molar-refractivity contribution in [2.75, 3.05) is 31.1 Å². The lowest BCUT2D eigenvalue weighted by atomic mass is 10.2. The minimum Gasteiger partial charge on any atom is -0.368 e. The van der Waals surface area contributed by atoms with E-state index >= 15 is 0 Å². The summed E-state index contributed by atoms with van der Waals surface area (Å²) in [5, 5.41) is 0. The summed E-state index contributed by atoms with van der Waals surface area (Å²) in [6.45, 7) is 3.03. The Morgan fingerprint density at radius 3 is 2.27 bits per heavy atom. The van der Waals surface area contributed by atoms with Crippen molar-refractivity contribution in [2.24, 2.45) is 0 Å². The Morgan fingerprint density at radius 2 is 1.54 bits per heavy atom. The topological polar surface area (TPSA) is 23.6 Å². The summed E-state index contributed by atoms with van der Waals surface area (Å²) in [6, 6.07) is 20.6. The summed E-state index contributed by atoms with van der Waals surface area (Å²) in [4.78, 5) is 18.4. The van der Waals surface area contributed by atoms with Crippen molar-refractivity contribution >= 4 is 22.9 Å². The molecular formula is C21H19FN2OS. The van der Waals surface area contributed by atoms with Crippen molar-refractivity contribution < 1.29 is 9.18 Å². The third-order valence-corrected chi connectivity index (χ3v) is 5.75. The second-order valence-corrected chi connectivity index (χ2v) is 7.34. The molecule has 0 N–H and O–H groups in total. The Hall–Kier alpha value is -2.66. The van der Waals surface area contributed by atoms with Gasteiger partial charge >= 0.3 is 0 Å². The van der Waals surface area contributed by atoms with Crippen molar-refractivity contribution in [3.63, 3.8) is 0 Å². The van der Waals surface area contributed by atoms with E-state index in [-0.39, 0.29) is 11.7 Å². The number of carbonyl (C=O) groups excluding carboxylic acids is 1. The highest BCUT2D eigenvalue weighted by Crippen LogP contribution is 2.31.